The molecule has 3 rings (SSSR count). The Kier molecular flexibility index (Phi) is 7.48. The van der Waals surface area contributed by atoms with Gasteiger partial charge < -0.3 is 20.1 Å². The summed E-state index contributed by atoms with van der Waals surface area (Å²) in [6.07, 6.45) is 0.236. The van der Waals surface area contributed by atoms with E-state index in [0.29, 0.717) is 44.0 Å². The van der Waals surface area contributed by atoms with E-state index in [9.17, 15) is 9.59 Å². The number of allylic oxidation sites excluding steroid dienone is 2. The van der Waals surface area contributed by atoms with E-state index in [1.807, 2.05) is 50.2 Å². The van der Waals surface area contributed by atoms with Gasteiger partial charge in [-0.25, -0.2) is 9.59 Å². The highest BCUT2D eigenvalue weighted by Gasteiger charge is 2.30. The number of hydrogen-bond donors (Lipinski definition) is 2. The number of esters is 2. The number of benzene rings is 2. The van der Waals surface area contributed by atoms with E-state index in [1.165, 1.54) is 14.2 Å². The highest BCUT2D eigenvalue weighted by molar-refractivity contribution is 6.33. The minimum Gasteiger partial charge on any atom is -0.466 e. The van der Waals surface area contributed by atoms with Crippen LogP contribution in [0.1, 0.15) is 24.0 Å². The van der Waals surface area contributed by atoms with Crippen LogP contribution in [0.2, 0.25) is 10.0 Å². The lowest BCUT2D eigenvalue weighted by atomic mass is 9.92. The molecule has 168 valence electrons. The molecule has 0 bridgehead atoms. The predicted molar refractivity (Wildman–Crippen MR) is 127 cm³/mol. The van der Waals surface area contributed by atoms with Crippen LogP contribution in [0.3, 0.4) is 0 Å². The summed E-state index contributed by atoms with van der Waals surface area (Å²) < 4.78 is 10.0. The molecule has 0 radical (unpaired) electrons. The molecule has 6 nitrogen and oxygen atoms in total. The number of hydrogen-bond acceptors (Lipinski definition) is 6. The lowest BCUT2D eigenvalue weighted by molar-refractivity contribution is -0.137. The van der Waals surface area contributed by atoms with Crippen molar-refractivity contribution in [3.05, 3.63) is 80.1 Å². The number of rotatable bonds is 6. The zero-order chi connectivity index (χ0) is 23.4. The number of anilines is 2. The molecule has 0 saturated heterocycles. The van der Waals surface area contributed by atoms with Crippen LogP contribution in [0, 0.1) is 13.8 Å². The van der Waals surface area contributed by atoms with Crippen molar-refractivity contribution < 1.29 is 19.1 Å². The Hall–Kier alpha value is -2.96. The van der Waals surface area contributed by atoms with Gasteiger partial charge in [0.1, 0.15) is 0 Å². The molecule has 2 N–H and O–H groups in total. The van der Waals surface area contributed by atoms with Crippen LogP contribution < -0.4 is 10.6 Å². The number of ether oxygens (including phenoxy) is 2. The molecule has 1 aliphatic rings. The van der Waals surface area contributed by atoms with Crippen molar-refractivity contribution in [2.75, 3.05) is 24.9 Å². The van der Waals surface area contributed by atoms with E-state index < -0.39 is 11.9 Å². The first-order valence-corrected chi connectivity index (χ1v) is 10.7. The Balaban J connectivity index is 2.02. The lowest BCUT2D eigenvalue weighted by Crippen LogP contribution is -2.24. The maximum atomic E-state index is 12.6. The Bertz CT molecular complexity index is 1050. The molecule has 32 heavy (non-hydrogen) atoms. The summed E-state index contributed by atoms with van der Waals surface area (Å²) in [5.74, 6) is -1.01. The van der Waals surface area contributed by atoms with E-state index in [2.05, 4.69) is 10.6 Å². The van der Waals surface area contributed by atoms with Gasteiger partial charge in [-0.1, -0.05) is 35.3 Å². The lowest BCUT2D eigenvalue weighted by Gasteiger charge is -2.26. The Morgan fingerprint density at radius 2 is 1.12 bits per heavy atom. The van der Waals surface area contributed by atoms with Crippen LogP contribution in [-0.2, 0) is 19.1 Å². The van der Waals surface area contributed by atoms with Crippen LogP contribution in [0.15, 0.2) is 58.9 Å². The monoisotopic (exact) mass is 474 g/mol. The minimum atomic E-state index is -0.506. The second kappa shape index (κ2) is 10.1. The third-order valence-corrected chi connectivity index (χ3v) is 5.74. The van der Waals surface area contributed by atoms with E-state index in [4.69, 9.17) is 32.7 Å². The van der Waals surface area contributed by atoms with Crippen molar-refractivity contribution in [3.8, 4) is 0 Å². The molecule has 0 heterocycles. The largest absolute Gasteiger partial charge is 0.466 e. The molecule has 0 amide bonds. The smallest absolute Gasteiger partial charge is 0.335 e. The van der Waals surface area contributed by atoms with Crippen LogP contribution in [0.25, 0.3) is 0 Å². The molecule has 1 aliphatic carbocycles. The fourth-order valence-corrected chi connectivity index (χ4v) is 3.99. The number of methoxy groups -OCH3 is 2. The van der Waals surface area contributed by atoms with Crippen LogP contribution in [-0.4, -0.2) is 26.2 Å². The molecule has 0 unspecified atom stereocenters. The number of nitrogens with one attached hydrogen (secondary N) is 2. The van der Waals surface area contributed by atoms with E-state index in [1.54, 1.807) is 0 Å². The highest BCUT2D eigenvalue weighted by Crippen LogP contribution is 2.36. The maximum absolute atomic E-state index is 12.6. The average Bonchev–Trinajstić information content (AvgIpc) is 2.76. The molecule has 0 saturated carbocycles. The molecular formula is C24H24Cl2N2O4. The first-order chi connectivity index (χ1) is 15.2. The van der Waals surface area contributed by atoms with Crippen molar-refractivity contribution in [1.82, 2.24) is 0 Å². The third-order valence-electron chi connectivity index (χ3n) is 5.12. The summed E-state index contributed by atoms with van der Waals surface area (Å²) in [5.41, 5.74) is 5.04. The van der Waals surface area contributed by atoms with Gasteiger partial charge in [0.2, 0.25) is 0 Å². The Labute approximate surface area is 197 Å². The molecule has 0 aromatic heterocycles. The molecular weight excluding hydrogens is 451 g/mol. The van der Waals surface area contributed by atoms with Gasteiger partial charge in [-0.05, 0) is 49.2 Å². The number of carbonyl (C=O) groups excluding carboxylic acids is 2. The predicted octanol–water partition coefficient (Wildman–Crippen LogP) is 5.78. The van der Waals surface area contributed by atoms with Gasteiger partial charge >= 0.3 is 11.9 Å². The standard InChI is InChI=1S/C24H24Cl2N2O4/c1-13-5-7-19(17(25)9-13)27-21-11-16(24(30)32-4)22(12-15(21)23(29)31-3)28-20-8-6-14(2)10-18(20)26/h5-10,27-28H,11-12H2,1-4H3. The van der Waals surface area contributed by atoms with E-state index in [0.717, 1.165) is 11.1 Å². The fraction of sp³-hybridized carbons (Fsp3) is 0.250. The average molecular weight is 475 g/mol. The molecule has 2 aromatic carbocycles. The summed E-state index contributed by atoms with van der Waals surface area (Å²) in [5, 5.41) is 7.41. The van der Waals surface area contributed by atoms with Gasteiger partial charge in [0.05, 0.1) is 46.8 Å². The Morgan fingerprint density at radius 1 is 0.750 bits per heavy atom. The Morgan fingerprint density at radius 3 is 1.44 bits per heavy atom. The van der Waals surface area contributed by atoms with E-state index in [-0.39, 0.29) is 12.8 Å². The minimum absolute atomic E-state index is 0.118. The highest BCUT2D eigenvalue weighted by atomic mass is 35.5. The summed E-state index contributed by atoms with van der Waals surface area (Å²) in [6.45, 7) is 3.86. The SMILES string of the molecule is COC(=O)C1=C(Nc2ccc(C)cc2Cl)CC(C(=O)OC)=C(Nc2ccc(C)cc2Cl)C1. The summed E-state index contributed by atoms with van der Waals surface area (Å²) in [6, 6.07) is 11.1. The van der Waals surface area contributed by atoms with Crippen LogP contribution in [0.5, 0.6) is 0 Å². The molecule has 0 atom stereocenters. The van der Waals surface area contributed by atoms with E-state index >= 15 is 0 Å². The zero-order valence-corrected chi connectivity index (χ0v) is 19.8. The van der Waals surface area contributed by atoms with Gasteiger partial charge in [-0.15, -0.1) is 0 Å². The normalized spacial score (nSPS) is 13.7. The summed E-state index contributed by atoms with van der Waals surface area (Å²) >= 11 is 12.7. The second-order valence-electron chi connectivity index (χ2n) is 7.47. The van der Waals surface area contributed by atoms with Crippen LogP contribution >= 0.6 is 23.2 Å². The molecule has 2 aromatic rings. The van der Waals surface area contributed by atoms with Crippen molar-refractivity contribution in [1.29, 1.82) is 0 Å². The van der Waals surface area contributed by atoms with Gasteiger partial charge in [0.25, 0.3) is 0 Å². The topological polar surface area (TPSA) is 76.7 Å². The summed E-state index contributed by atoms with van der Waals surface area (Å²) in [7, 11) is 2.63. The van der Waals surface area contributed by atoms with Gasteiger partial charge in [0, 0.05) is 24.2 Å². The van der Waals surface area contributed by atoms with Crippen molar-refractivity contribution in [2.45, 2.75) is 26.7 Å². The van der Waals surface area contributed by atoms with Crippen molar-refractivity contribution in [3.63, 3.8) is 0 Å². The van der Waals surface area contributed by atoms with Crippen molar-refractivity contribution in [2.24, 2.45) is 0 Å². The summed E-state index contributed by atoms with van der Waals surface area (Å²) in [4.78, 5) is 25.2. The number of halogens is 2. The first kappa shape index (κ1) is 23.7. The van der Waals surface area contributed by atoms with Gasteiger partial charge in [-0.2, -0.15) is 0 Å². The molecule has 0 aliphatic heterocycles. The molecule has 8 heteroatoms. The fourth-order valence-electron chi connectivity index (χ4n) is 3.42. The molecule has 0 spiro atoms. The van der Waals surface area contributed by atoms with Crippen LogP contribution in [0.4, 0.5) is 11.4 Å². The van der Waals surface area contributed by atoms with Crippen molar-refractivity contribution >= 4 is 46.5 Å². The zero-order valence-electron chi connectivity index (χ0n) is 18.3. The number of aryl methyl sites for hydroxylation is 2. The molecule has 0 fully saturated rings. The quantitative estimate of drug-likeness (QED) is 0.516. The van der Waals surface area contributed by atoms with Gasteiger partial charge in [0.15, 0.2) is 0 Å². The number of carbonyl (C=O) groups is 2. The first-order valence-electron chi connectivity index (χ1n) is 9.90. The third kappa shape index (κ3) is 5.26. The second-order valence-corrected chi connectivity index (χ2v) is 8.28. The van der Waals surface area contributed by atoms with Gasteiger partial charge in [-0.3, -0.25) is 0 Å². The maximum Gasteiger partial charge on any atom is 0.335 e.